The normalized spacial score (nSPS) is 14.8. The quantitative estimate of drug-likeness (QED) is 0.731. The molecule has 2 aromatic rings. The van der Waals surface area contributed by atoms with Crippen LogP contribution in [0.4, 0.5) is 4.79 Å². The van der Waals surface area contributed by atoms with E-state index >= 15 is 0 Å². The molecule has 0 N–H and O–H groups in total. The molecule has 0 spiro atoms. The zero-order valence-electron chi connectivity index (χ0n) is 14.5. The lowest BCUT2D eigenvalue weighted by Crippen LogP contribution is -2.53. The Kier molecular flexibility index (Phi) is 6.35. The highest BCUT2D eigenvalue weighted by molar-refractivity contribution is 5.96. The molecule has 3 rings (SSSR count). The van der Waals surface area contributed by atoms with Crippen LogP contribution < -0.4 is 0 Å². The Hall–Kier alpha value is -2.70. The monoisotopic (exact) mass is 354 g/mol. The highest BCUT2D eigenvalue weighted by Crippen LogP contribution is 2.12. The number of hydrogen-bond donors (Lipinski definition) is 0. The van der Waals surface area contributed by atoms with Crippen molar-refractivity contribution < 1.29 is 19.1 Å². The predicted octanol–water partition coefficient (Wildman–Crippen LogP) is 2.99. The number of rotatable bonds is 8. The Morgan fingerprint density at radius 1 is 0.769 bits per heavy atom. The molecule has 1 saturated heterocycles. The second-order valence-corrected chi connectivity index (χ2v) is 6.04. The summed E-state index contributed by atoms with van der Waals surface area (Å²) in [5.74, 6) is -0.220. The van der Waals surface area contributed by atoms with Gasteiger partial charge < -0.3 is 14.4 Å². The van der Waals surface area contributed by atoms with E-state index in [9.17, 15) is 9.59 Å². The van der Waals surface area contributed by atoms with Crippen molar-refractivity contribution in [3.63, 3.8) is 0 Å². The molecule has 3 amide bonds. The maximum atomic E-state index is 12.5. The van der Waals surface area contributed by atoms with Crippen LogP contribution in [0, 0.1) is 0 Å². The number of urea groups is 1. The minimum atomic E-state index is -0.373. The Morgan fingerprint density at radius 2 is 1.31 bits per heavy atom. The van der Waals surface area contributed by atoms with E-state index in [0.29, 0.717) is 19.8 Å². The minimum absolute atomic E-state index is 0.0538. The first-order valence-electron chi connectivity index (χ1n) is 8.56. The van der Waals surface area contributed by atoms with Crippen molar-refractivity contribution in [3.8, 4) is 0 Å². The molecule has 0 aromatic heterocycles. The van der Waals surface area contributed by atoms with E-state index in [0.717, 1.165) is 16.0 Å². The lowest BCUT2D eigenvalue weighted by molar-refractivity contribution is -0.137. The van der Waals surface area contributed by atoms with Crippen LogP contribution in [0.2, 0.25) is 0 Å². The van der Waals surface area contributed by atoms with Crippen LogP contribution in [0.3, 0.4) is 0 Å². The van der Waals surface area contributed by atoms with Gasteiger partial charge in [0.1, 0.15) is 13.5 Å². The van der Waals surface area contributed by atoms with Crippen LogP contribution in [0.1, 0.15) is 17.5 Å². The average Bonchev–Trinajstić information content (AvgIpc) is 2.68. The van der Waals surface area contributed by atoms with Crippen molar-refractivity contribution in [2.24, 2.45) is 0 Å². The van der Waals surface area contributed by atoms with Crippen LogP contribution in [-0.4, -0.2) is 41.7 Å². The molecule has 6 heteroatoms. The van der Waals surface area contributed by atoms with E-state index < -0.39 is 0 Å². The zero-order chi connectivity index (χ0) is 18.2. The molecular formula is C20H22N2O4. The molecule has 6 nitrogen and oxygen atoms in total. The number of ether oxygens (including phenoxy) is 2. The molecule has 2 aromatic carbocycles. The molecule has 0 saturated carbocycles. The van der Waals surface area contributed by atoms with E-state index in [2.05, 4.69) is 0 Å². The van der Waals surface area contributed by atoms with Crippen LogP contribution in [0.5, 0.6) is 0 Å². The number of nitrogens with zero attached hydrogens (tertiary/aromatic N) is 2. The standard InChI is InChI=1S/C20H22N2O4/c23-19-11-12-21(15-25-13-17-7-3-1-4-8-17)20(24)22(19)16-26-14-18-9-5-2-6-10-18/h1-10H,11-16H2. The molecule has 1 heterocycles. The number of amides is 3. The number of benzene rings is 2. The van der Waals surface area contributed by atoms with Crippen LogP contribution >= 0.6 is 0 Å². The first-order chi connectivity index (χ1) is 12.7. The lowest BCUT2D eigenvalue weighted by atomic mass is 10.2. The molecular weight excluding hydrogens is 332 g/mol. The van der Waals surface area contributed by atoms with Crippen LogP contribution in [0.15, 0.2) is 60.7 Å². The zero-order valence-corrected chi connectivity index (χ0v) is 14.5. The van der Waals surface area contributed by atoms with Gasteiger partial charge in [-0.05, 0) is 11.1 Å². The molecule has 1 aliphatic rings. The van der Waals surface area contributed by atoms with Gasteiger partial charge in [-0.15, -0.1) is 0 Å². The van der Waals surface area contributed by atoms with E-state index in [1.807, 2.05) is 60.7 Å². The van der Waals surface area contributed by atoms with Gasteiger partial charge in [0, 0.05) is 13.0 Å². The Balaban J connectivity index is 1.47. The highest BCUT2D eigenvalue weighted by atomic mass is 16.5. The summed E-state index contributed by atoms with van der Waals surface area (Å²) in [7, 11) is 0. The van der Waals surface area contributed by atoms with Gasteiger partial charge >= 0.3 is 6.03 Å². The van der Waals surface area contributed by atoms with Gasteiger partial charge in [-0.25, -0.2) is 9.69 Å². The topological polar surface area (TPSA) is 59.1 Å². The minimum Gasteiger partial charge on any atom is -0.356 e. The van der Waals surface area contributed by atoms with Crippen molar-refractivity contribution >= 4 is 11.9 Å². The second kappa shape index (κ2) is 9.12. The summed E-state index contributed by atoms with van der Waals surface area (Å²) in [6.45, 7) is 1.23. The maximum absolute atomic E-state index is 12.5. The Bertz CT molecular complexity index is 721. The Morgan fingerprint density at radius 3 is 1.88 bits per heavy atom. The van der Waals surface area contributed by atoms with Crippen molar-refractivity contribution in [1.82, 2.24) is 9.80 Å². The summed E-state index contributed by atoms with van der Waals surface area (Å²) in [6.07, 6.45) is 0.273. The number of imide groups is 1. The first kappa shape index (κ1) is 18.1. The van der Waals surface area contributed by atoms with Crippen molar-refractivity contribution in [3.05, 3.63) is 71.8 Å². The van der Waals surface area contributed by atoms with E-state index in [4.69, 9.17) is 9.47 Å². The van der Waals surface area contributed by atoms with Gasteiger partial charge in [0.25, 0.3) is 0 Å². The molecule has 0 unspecified atom stereocenters. The van der Waals surface area contributed by atoms with Gasteiger partial charge in [-0.3, -0.25) is 4.79 Å². The molecule has 26 heavy (non-hydrogen) atoms. The van der Waals surface area contributed by atoms with Gasteiger partial charge in [0.15, 0.2) is 0 Å². The van der Waals surface area contributed by atoms with E-state index in [-0.39, 0.29) is 31.8 Å². The Labute approximate surface area is 152 Å². The van der Waals surface area contributed by atoms with Crippen molar-refractivity contribution in [2.45, 2.75) is 19.6 Å². The fourth-order valence-corrected chi connectivity index (χ4v) is 2.66. The summed E-state index contributed by atoms with van der Waals surface area (Å²) in [5, 5.41) is 0. The molecule has 0 radical (unpaired) electrons. The summed E-state index contributed by atoms with van der Waals surface area (Å²) < 4.78 is 11.2. The second-order valence-electron chi connectivity index (χ2n) is 6.04. The van der Waals surface area contributed by atoms with Gasteiger partial charge in [0.05, 0.1) is 13.2 Å². The fourth-order valence-electron chi connectivity index (χ4n) is 2.66. The van der Waals surface area contributed by atoms with Crippen molar-refractivity contribution in [2.75, 3.05) is 20.0 Å². The summed E-state index contributed by atoms with van der Waals surface area (Å²) >= 11 is 0. The summed E-state index contributed by atoms with van der Waals surface area (Å²) in [6, 6.07) is 19.0. The fraction of sp³-hybridized carbons (Fsp3) is 0.300. The molecule has 1 aliphatic heterocycles. The van der Waals surface area contributed by atoms with E-state index in [1.54, 1.807) is 0 Å². The number of carbonyl (C=O) groups excluding carboxylic acids is 2. The van der Waals surface area contributed by atoms with Gasteiger partial charge in [0.2, 0.25) is 5.91 Å². The third kappa shape index (κ3) is 4.91. The van der Waals surface area contributed by atoms with Gasteiger partial charge in [-0.2, -0.15) is 0 Å². The third-order valence-corrected chi connectivity index (χ3v) is 4.09. The predicted molar refractivity (Wildman–Crippen MR) is 95.8 cm³/mol. The SMILES string of the molecule is O=C1CCN(COCc2ccccc2)C(=O)N1COCc1ccccc1. The van der Waals surface area contributed by atoms with Crippen LogP contribution in [-0.2, 0) is 27.5 Å². The van der Waals surface area contributed by atoms with Crippen LogP contribution in [0.25, 0.3) is 0 Å². The number of carbonyl (C=O) groups is 2. The average molecular weight is 354 g/mol. The molecule has 0 bridgehead atoms. The van der Waals surface area contributed by atoms with Gasteiger partial charge in [-0.1, -0.05) is 60.7 Å². The summed E-state index contributed by atoms with van der Waals surface area (Å²) in [5.41, 5.74) is 2.03. The third-order valence-electron chi connectivity index (χ3n) is 4.09. The number of hydrogen-bond acceptors (Lipinski definition) is 4. The largest absolute Gasteiger partial charge is 0.356 e. The highest BCUT2D eigenvalue weighted by Gasteiger charge is 2.31. The lowest BCUT2D eigenvalue weighted by Gasteiger charge is -2.33. The molecule has 1 fully saturated rings. The molecule has 136 valence electrons. The molecule has 0 aliphatic carbocycles. The summed E-state index contributed by atoms with van der Waals surface area (Å²) in [4.78, 5) is 27.2. The van der Waals surface area contributed by atoms with Crippen molar-refractivity contribution in [1.29, 1.82) is 0 Å². The van der Waals surface area contributed by atoms with E-state index in [1.165, 1.54) is 4.90 Å². The molecule has 0 atom stereocenters. The first-order valence-corrected chi connectivity index (χ1v) is 8.56. The maximum Gasteiger partial charge on any atom is 0.330 e. The smallest absolute Gasteiger partial charge is 0.330 e.